The van der Waals surface area contributed by atoms with E-state index >= 15 is 0 Å². The van der Waals surface area contributed by atoms with Crippen molar-refractivity contribution in [1.29, 1.82) is 0 Å². The van der Waals surface area contributed by atoms with Crippen molar-refractivity contribution in [3.63, 3.8) is 0 Å². The first-order chi connectivity index (χ1) is 8.79. The zero-order valence-electron chi connectivity index (χ0n) is 9.87. The molecule has 1 heterocycles. The molecule has 92 valence electrons. The maximum atomic E-state index is 11.1. The van der Waals surface area contributed by atoms with E-state index in [0.29, 0.717) is 12.4 Å². The molecule has 0 spiro atoms. The van der Waals surface area contributed by atoms with Crippen molar-refractivity contribution in [2.24, 2.45) is 0 Å². The van der Waals surface area contributed by atoms with Gasteiger partial charge in [0, 0.05) is 0 Å². The summed E-state index contributed by atoms with van der Waals surface area (Å²) in [5.41, 5.74) is 1.05. The lowest BCUT2D eigenvalue weighted by Crippen LogP contribution is -2.07. The molecule has 1 aromatic heterocycles. The summed E-state index contributed by atoms with van der Waals surface area (Å²) in [4.78, 5) is 18.8. The summed E-state index contributed by atoms with van der Waals surface area (Å²) >= 11 is 0. The quantitative estimate of drug-likeness (QED) is 0.768. The zero-order chi connectivity index (χ0) is 12.8. The van der Waals surface area contributed by atoms with Crippen LogP contribution < -0.4 is 4.74 Å². The molecule has 0 bridgehead atoms. The Bertz CT molecular complexity index is 512. The second-order valence-electron chi connectivity index (χ2n) is 3.51. The molecule has 0 unspecified atom stereocenters. The average Bonchev–Trinajstić information content (AvgIpc) is 2.46. The van der Waals surface area contributed by atoms with Gasteiger partial charge in [-0.15, -0.1) is 0 Å². The Morgan fingerprint density at radius 1 is 1.17 bits per heavy atom. The fourth-order valence-electron chi connectivity index (χ4n) is 1.33. The fraction of sp³-hybridized carbons (Fsp3) is 0.154. The van der Waals surface area contributed by atoms with E-state index in [-0.39, 0.29) is 5.82 Å². The van der Waals surface area contributed by atoms with Crippen LogP contribution in [0.15, 0.2) is 42.7 Å². The topological polar surface area (TPSA) is 61.3 Å². The van der Waals surface area contributed by atoms with E-state index in [1.165, 1.54) is 19.5 Å². The number of hydrogen-bond acceptors (Lipinski definition) is 5. The van der Waals surface area contributed by atoms with E-state index in [0.717, 1.165) is 5.56 Å². The van der Waals surface area contributed by atoms with Crippen molar-refractivity contribution in [3.05, 3.63) is 54.1 Å². The number of aromatic nitrogens is 2. The summed E-state index contributed by atoms with van der Waals surface area (Å²) in [6, 6.07) is 9.75. The van der Waals surface area contributed by atoms with Crippen LogP contribution in [0.25, 0.3) is 0 Å². The Kier molecular flexibility index (Phi) is 3.86. The van der Waals surface area contributed by atoms with Crippen LogP contribution in [0.1, 0.15) is 16.2 Å². The van der Waals surface area contributed by atoms with E-state index in [2.05, 4.69) is 14.7 Å². The summed E-state index contributed by atoms with van der Waals surface area (Å²) in [5.74, 6) is -0.0410. The van der Waals surface area contributed by atoms with E-state index in [9.17, 15) is 4.79 Å². The molecule has 0 amide bonds. The van der Waals surface area contributed by atoms with E-state index in [4.69, 9.17) is 4.74 Å². The van der Waals surface area contributed by atoms with Crippen molar-refractivity contribution >= 4 is 5.97 Å². The number of ether oxygens (including phenoxy) is 2. The van der Waals surface area contributed by atoms with Gasteiger partial charge in [-0.05, 0) is 5.56 Å². The third-order valence-electron chi connectivity index (χ3n) is 2.24. The van der Waals surface area contributed by atoms with Gasteiger partial charge in [0.05, 0.1) is 19.5 Å². The number of carbonyl (C=O) groups excluding carboxylic acids is 1. The number of rotatable bonds is 4. The van der Waals surface area contributed by atoms with Crippen LogP contribution in [0.2, 0.25) is 0 Å². The van der Waals surface area contributed by atoms with Crippen LogP contribution in [0.5, 0.6) is 5.75 Å². The number of methoxy groups -OCH3 is 1. The predicted molar refractivity (Wildman–Crippen MR) is 64.1 cm³/mol. The average molecular weight is 244 g/mol. The molecule has 0 aliphatic carbocycles. The molecule has 2 aromatic rings. The molecule has 0 saturated carbocycles. The minimum atomic E-state index is -0.565. The number of benzene rings is 1. The molecule has 5 nitrogen and oxygen atoms in total. The van der Waals surface area contributed by atoms with E-state index in [1.807, 2.05) is 30.3 Å². The molecule has 18 heavy (non-hydrogen) atoms. The maximum Gasteiger partial charge on any atom is 0.376 e. The summed E-state index contributed by atoms with van der Waals surface area (Å²) in [6.45, 7) is 0.432. The van der Waals surface area contributed by atoms with Crippen LogP contribution in [0.4, 0.5) is 0 Å². The first-order valence-electron chi connectivity index (χ1n) is 5.36. The summed E-state index contributed by atoms with van der Waals surface area (Å²) < 4.78 is 9.98. The van der Waals surface area contributed by atoms with Gasteiger partial charge >= 0.3 is 5.97 Å². The minimum absolute atomic E-state index is 0.0181. The highest BCUT2D eigenvalue weighted by molar-refractivity contribution is 5.84. The van der Waals surface area contributed by atoms with Gasteiger partial charge in [-0.1, -0.05) is 30.3 Å². The van der Waals surface area contributed by atoms with Gasteiger partial charge in [0.2, 0.25) is 5.82 Å². The lowest BCUT2D eigenvalue weighted by atomic mass is 10.2. The second kappa shape index (κ2) is 5.77. The van der Waals surface area contributed by atoms with Crippen molar-refractivity contribution < 1.29 is 14.3 Å². The number of esters is 1. The molecule has 1 aromatic carbocycles. The van der Waals surface area contributed by atoms with Gasteiger partial charge in [-0.3, -0.25) is 0 Å². The van der Waals surface area contributed by atoms with Gasteiger partial charge in [-0.25, -0.2) is 14.8 Å². The van der Waals surface area contributed by atoms with E-state index < -0.39 is 5.97 Å². The van der Waals surface area contributed by atoms with Crippen molar-refractivity contribution in [3.8, 4) is 5.75 Å². The van der Waals surface area contributed by atoms with E-state index in [1.54, 1.807) is 0 Å². The smallest absolute Gasteiger partial charge is 0.376 e. The molecule has 0 saturated heterocycles. The Hall–Kier alpha value is -2.43. The molecule has 0 aliphatic rings. The molecule has 5 heteroatoms. The first-order valence-corrected chi connectivity index (χ1v) is 5.36. The van der Waals surface area contributed by atoms with Gasteiger partial charge in [0.25, 0.3) is 0 Å². The first kappa shape index (κ1) is 12.0. The predicted octanol–water partition coefficient (Wildman–Crippen LogP) is 1.84. The normalized spacial score (nSPS) is 9.83. The van der Waals surface area contributed by atoms with Crippen molar-refractivity contribution in [2.75, 3.05) is 7.11 Å². The number of nitrogens with zero attached hydrogens (tertiary/aromatic N) is 2. The molecule has 0 fully saturated rings. The summed E-state index contributed by atoms with van der Waals surface area (Å²) in [7, 11) is 1.28. The molecule has 0 N–H and O–H groups in total. The van der Waals surface area contributed by atoms with Crippen LogP contribution in [0, 0.1) is 0 Å². The Labute approximate surface area is 104 Å². The largest absolute Gasteiger partial charge is 0.486 e. The Morgan fingerprint density at radius 3 is 2.44 bits per heavy atom. The van der Waals surface area contributed by atoms with Crippen LogP contribution in [0.3, 0.4) is 0 Å². The van der Waals surface area contributed by atoms with Gasteiger partial charge in [0.1, 0.15) is 6.61 Å². The zero-order valence-corrected chi connectivity index (χ0v) is 9.87. The highest BCUT2D eigenvalue weighted by Crippen LogP contribution is 2.10. The number of carbonyl (C=O) groups is 1. The minimum Gasteiger partial charge on any atom is -0.486 e. The third kappa shape index (κ3) is 3.04. The second-order valence-corrected chi connectivity index (χ2v) is 3.51. The van der Waals surface area contributed by atoms with Gasteiger partial charge < -0.3 is 9.47 Å². The molecule has 0 radical (unpaired) electrons. The summed E-state index contributed by atoms with van der Waals surface area (Å²) in [6.07, 6.45) is 2.89. The Balaban J connectivity index is 1.97. The highest BCUT2D eigenvalue weighted by atomic mass is 16.5. The third-order valence-corrected chi connectivity index (χ3v) is 2.24. The van der Waals surface area contributed by atoms with Crippen molar-refractivity contribution in [2.45, 2.75) is 6.61 Å². The SMILES string of the molecule is COC(=O)c1ncc(OCc2ccccc2)cn1. The lowest BCUT2D eigenvalue weighted by Gasteiger charge is -2.05. The molecule has 0 atom stereocenters. The number of hydrogen-bond donors (Lipinski definition) is 0. The molecule has 0 aliphatic heterocycles. The van der Waals surface area contributed by atoms with Crippen LogP contribution >= 0.6 is 0 Å². The Morgan fingerprint density at radius 2 is 1.83 bits per heavy atom. The molecular weight excluding hydrogens is 232 g/mol. The van der Waals surface area contributed by atoms with Crippen molar-refractivity contribution in [1.82, 2.24) is 9.97 Å². The molecular formula is C13H12N2O3. The van der Waals surface area contributed by atoms with Crippen LogP contribution in [-0.2, 0) is 11.3 Å². The van der Waals surface area contributed by atoms with Crippen LogP contribution in [-0.4, -0.2) is 23.0 Å². The summed E-state index contributed by atoms with van der Waals surface area (Å²) in [5, 5.41) is 0. The standard InChI is InChI=1S/C13H12N2O3/c1-17-13(16)12-14-7-11(8-15-12)18-9-10-5-3-2-4-6-10/h2-8H,9H2,1H3. The monoisotopic (exact) mass is 244 g/mol. The molecule has 2 rings (SSSR count). The fourth-order valence-corrected chi connectivity index (χ4v) is 1.33. The maximum absolute atomic E-state index is 11.1. The van der Waals surface area contributed by atoms with Gasteiger partial charge in [0.15, 0.2) is 5.75 Å². The van der Waals surface area contributed by atoms with Gasteiger partial charge in [-0.2, -0.15) is 0 Å². The highest BCUT2D eigenvalue weighted by Gasteiger charge is 2.08. The lowest BCUT2D eigenvalue weighted by molar-refractivity contribution is 0.0586.